The number of benzene rings is 2. The molecule has 1 amide bonds. The molecule has 1 N–H and O–H groups in total. The molecule has 3 aromatic rings. The molecule has 0 bridgehead atoms. The summed E-state index contributed by atoms with van der Waals surface area (Å²) in [5.41, 5.74) is 1.28. The number of hydrogen-bond acceptors (Lipinski definition) is 8. The van der Waals surface area contributed by atoms with Crippen LogP contribution in [-0.2, 0) is 14.8 Å². The summed E-state index contributed by atoms with van der Waals surface area (Å²) in [5, 5.41) is 3.07. The number of hydrogen-bond donors (Lipinski definition) is 1. The minimum Gasteiger partial charge on any atom is -0.493 e. The highest BCUT2D eigenvalue weighted by Crippen LogP contribution is 2.38. The van der Waals surface area contributed by atoms with Gasteiger partial charge in [-0.2, -0.15) is 0 Å². The zero-order chi connectivity index (χ0) is 24.2. The Morgan fingerprint density at radius 2 is 1.79 bits per heavy atom. The number of fused-ring (bicyclic) bond motifs is 1. The highest BCUT2D eigenvalue weighted by molar-refractivity contribution is 7.89. The molecular weight excluding hydrogens is 466 g/mol. The largest absolute Gasteiger partial charge is 0.493 e. The molecule has 0 unspecified atom stereocenters. The van der Waals surface area contributed by atoms with Crippen molar-refractivity contribution < 1.29 is 27.4 Å². The molecule has 0 aliphatic carbocycles. The summed E-state index contributed by atoms with van der Waals surface area (Å²) in [6, 6.07) is 8.15. The summed E-state index contributed by atoms with van der Waals surface area (Å²) < 4.78 is 43.0. The molecule has 0 radical (unpaired) electrons. The number of thiazole rings is 1. The molecule has 0 spiro atoms. The first-order valence-electron chi connectivity index (χ1n) is 9.89. The van der Waals surface area contributed by atoms with Crippen LogP contribution >= 0.6 is 11.3 Å². The maximum atomic E-state index is 12.5. The van der Waals surface area contributed by atoms with Crippen molar-refractivity contribution in [2.75, 3.05) is 40.2 Å². The fourth-order valence-corrected chi connectivity index (χ4v) is 5.17. The SMILES string of the molecule is CCN(C)S(=O)(=O)c1ccc2nc(NC(=O)C=Cc3cc(OC)c(OC)c(OC)c3)sc2c1. The molecule has 176 valence electrons. The Morgan fingerprint density at radius 1 is 1.12 bits per heavy atom. The van der Waals surface area contributed by atoms with Crippen LogP contribution < -0.4 is 19.5 Å². The molecular formula is C22H25N3O6S2. The van der Waals surface area contributed by atoms with E-state index in [-0.39, 0.29) is 10.8 Å². The van der Waals surface area contributed by atoms with Gasteiger partial charge in [-0.15, -0.1) is 0 Å². The lowest BCUT2D eigenvalue weighted by atomic mass is 10.1. The lowest BCUT2D eigenvalue weighted by molar-refractivity contribution is -0.111. The van der Waals surface area contributed by atoms with E-state index in [9.17, 15) is 13.2 Å². The molecule has 11 heteroatoms. The van der Waals surface area contributed by atoms with Crippen molar-refractivity contribution in [3.8, 4) is 17.2 Å². The summed E-state index contributed by atoms with van der Waals surface area (Å²) in [4.78, 5) is 17.0. The van der Waals surface area contributed by atoms with Gasteiger partial charge in [-0.1, -0.05) is 18.3 Å². The van der Waals surface area contributed by atoms with Crippen LogP contribution in [0.2, 0.25) is 0 Å². The van der Waals surface area contributed by atoms with Crippen LogP contribution in [0.1, 0.15) is 12.5 Å². The predicted octanol–water partition coefficient (Wildman–Crippen LogP) is 3.61. The lowest BCUT2D eigenvalue weighted by Gasteiger charge is -2.14. The maximum absolute atomic E-state index is 12.5. The fraction of sp³-hybridized carbons (Fsp3) is 0.273. The van der Waals surface area contributed by atoms with Crippen molar-refractivity contribution in [3.63, 3.8) is 0 Å². The molecule has 0 saturated carbocycles. The molecule has 33 heavy (non-hydrogen) atoms. The Bertz CT molecular complexity index is 1280. The molecule has 0 atom stereocenters. The monoisotopic (exact) mass is 491 g/mol. The van der Waals surface area contributed by atoms with Gasteiger partial charge < -0.3 is 14.2 Å². The Hall–Kier alpha value is -3.15. The number of methoxy groups -OCH3 is 3. The molecule has 1 aromatic heterocycles. The van der Waals surface area contributed by atoms with E-state index in [1.807, 2.05) is 0 Å². The van der Waals surface area contributed by atoms with Gasteiger partial charge in [0.15, 0.2) is 16.6 Å². The van der Waals surface area contributed by atoms with Crippen molar-refractivity contribution >= 4 is 48.7 Å². The summed E-state index contributed by atoms with van der Waals surface area (Å²) in [7, 11) is 2.51. The molecule has 2 aromatic carbocycles. The maximum Gasteiger partial charge on any atom is 0.250 e. The number of sulfonamides is 1. The third kappa shape index (κ3) is 5.27. The predicted molar refractivity (Wildman–Crippen MR) is 129 cm³/mol. The van der Waals surface area contributed by atoms with Gasteiger partial charge in [0.2, 0.25) is 21.7 Å². The van der Waals surface area contributed by atoms with Crippen LogP contribution in [0.15, 0.2) is 41.3 Å². The Kier molecular flexibility index (Phi) is 7.57. The zero-order valence-corrected chi connectivity index (χ0v) is 20.5. The molecule has 3 rings (SSSR count). The van der Waals surface area contributed by atoms with Crippen LogP contribution in [0.4, 0.5) is 5.13 Å². The van der Waals surface area contributed by atoms with Gasteiger partial charge in [-0.3, -0.25) is 10.1 Å². The number of ether oxygens (including phenoxy) is 3. The fourth-order valence-electron chi connectivity index (χ4n) is 2.99. The normalized spacial score (nSPS) is 11.8. The highest BCUT2D eigenvalue weighted by atomic mass is 32.2. The van der Waals surface area contributed by atoms with E-state index in [2.05, 4.69) is 10.3 Å². The van der Waals surface area contributed by atoms with Gasteiger partial charge in [-0.05, 0) is 42.0 Å². The van der Waals surface area contributed by atoms with Gasteiger partial charge in [0, 0.05) is 19.7 Å². The number of aromatic nitrogens is 1. The second-order valence-electron chi connectivity index (χ2n) is 6.85. The number of carbonyl (C=O) groups excluding carboxylic acids is 1. The van der Waals surface area contributed by atoms with E-state index in [0.717, 1.165) is 0 Å². The lowest BCUT2D eigenvalue weighted by Crippen LogP contribution is -2.26. The number of amides is 1. The number of nitrogens with zero attached hydrogens (tertiary/aromatic N) is 2. The summed E-state index contributed by atoms with van der Waals surface area (Å²) in [5.74, 6) is 1.02. The first-order chi connectivity index (χ1) is 15.7. The van der Waals surface area contributed by atoms with Gasteiger partial charge in [0.25, 0.3) is 0 Å². The van der Waals surface area contributed by atoms with Crippen molar-refractivity contribution in [3.05, 3.63) is 42.0 Å². The zero-order valence-electron chi connectivity index (χ0n) is 18.9. The number of rotatable bonds is 9. The van der Waals surface area contributed by atoms with Gasteiger partial charge >= 0.3 is 0 Å². The molecule has 0 aliphatic heterocycles. The van der Waals surface area contributed by atoms with E-state index >= 15 is 0 Å². The van der Waals surface area contributed by atoms with Crippen molar-refractivity contribution in [2.45, 2.75) is 11.8 Å². The number of anilines is 1. The average Bonchev–Trinajstić information content (AvgIpc) is 3.22. The quantitative estimate of drug-likeness (QED) is 0.456. The van der Waals surface area contributed by atoms with Crippen LogP contribution in [0.5, 0.6) is 17.2 Å². The molecule has 0 fully saturated rings. The Balaban J connectivity index is 1.79. The van der Waals surface area contributed by atoms with Crippen LogP contribution in [-0.4, -0.2) is 58.5 Å². The van der Waals surface area contributed by atoms with E-state index in [1.54, 1.807) is 37.3 Å². The van der Waals surface area contributed by atoms with E-state index in [4.69, 9.17) is 14.2 Å². The van der Waals surface area contributed by atoms with Crippen molar-refractivity contribution in [1.82, 2.24) is 9.29 Å². The van der Waals surface area contributed by atoms with Gasteiger partial charge in [-0.25, -0.2) is 17.7 Å². The first kappa shape index (κ1) is 24.5. The van der Waals surface area contributed by atoms with Crippen LogP contribution in [0.3, 0.4) is 0 Å². The number of carbonyl (C=O) groups is 1. The van der Waals surface area contributed by atoms with Gasteiger partial charge in [0.1, 0.15) is 0 Å². The van der Waals surface area contributed by atoms with Crippen molar-refractivity contribution in [2.24, 2.45) is 0 Å². The molecule has 0 saturated heterocycles. The smallest absolute Gasteiger partial charge is 0.250 e. The third-order valence-corrected chi connectivity index (χ3v) is 7.72. The summed E-state index contributed by atoms with van der Waals surface area (Å²) >= 11 is 1.20. The van der Waals surface area contributed by atoms with Crippen LogP contribution in [0.25, 0.3) is 16.3 Å². The summed E-state index contributed by atoms with van der Waals surface area (Å²) in [6.07, 6.45) is 2.97. The topological polar surface area (TPSA) is 107 Å². The number of nitrogens with one attached hydrogen (secondary N) is 1. The second kappa shape index (κ2) is 10.2. The second-order valence-corrected chi connectivity index (χ2v) is 9.92. The van der Waals surface area contributed by atoms with E-state index in [1.165, 1.54) is 56.2 Å². The third-order valence-electron chi connectivity index (χ3n) is 4.86. The van der Waals surface area contributed by atoms with Gasteiger partial charge in [0.05, 0.1) is 36.4 Å². The Morgan fingerprint density at radius 3 is 2.36 bits per heavy atom. The average molecular weight is 492 g/mol. The minimum atomic E-state index is -3.57. The molecule has 0 aliphatic rings. The molecule has 1 heterocycles. The van der Waals surface area contributed by atoms with Crippen molar-refractivity contribution in [1.29, 1.82) is 0 Å². The minimum absolute atomic E-state index is 0.183. The highest BCUT2D eigenvalue weighted by Gasteiger charge is 2.20. The molecule has 9 nitrogen and oxygen atoms in total. The van der Waals surface area contributed by atoms with Crippen LogP contribution in [0, 0.1) is 0 Å². The van der Waals surface area contributed by atoms with E-state index < -0.39 is 10.0 Å². The summed E-state index contributed by atoms with van der Waals surface area (Å²) in [6.45, 7) is 2.13. The Labute approximate surface area is 196 Å². The van der Waals surface area contributed by atoms with E-state index in [0.29, 0.717) is 44.7 Å². The standard InChI is InChI=1S/C22H25N3O6S2/c1-6-25(2)33(27,28)15-8-9-16-19(13-15)32-22(23-16)24-20(26)10-7-14-11-17(29-3)21(31-5)18(12-14)30-4/h7-13H,6H2,1-5H3,(H,23,24,26). The first-order valence-corrected chi connectivity index (χ1v) is 12.1.